The third-order valence-electron chi connectivity index (χ3n) is 8.70. The van der Waals surface area contributed by atoms with Gasteiger partial charge in [0, 0.05) is 24.7 Å². The Kier molecular flexibility index (Phi) is 7.88. The molecule has 3 atom stereocenters. The normalized spacial score (nSPS) is 26.8. The van der Waals surface area contributed by atoms with E-state index in [2.05, 4.69) is 68.7 Å². The van der Waals surface area contributed by atoms with Crippen LogP contribution in [0.25, 0.3) is 0 Å². The summed E-state index contributed by atoms with van der Waals surface area (Å²) in [6.45, 7) is 13.9. The summed E-state index contributed by atoms with van der Waals surface area (Å²) >= 11 is 6.27. The van der Waals surface area contributed by atoms with Crippen molar-refractivity contribution in [1.82, 2.24) is 10.6 Å². The highest BCUT2D eigenvalue weighted by Gasteiger charge is 2.51. The van der Waals surface area contributed by atoms with E-state index in [0.29, 0.717) is 16.7 Å². The van der Waals surface area contributed by atoms with E-state index in [4.69, 9.17) is 11.6 Å². The van der Waals surface area contributed by atoms with E-state index in [-0.39, 0.29) is 0 Å². The maximum Gasteiger partial charge on any atom is 0.0438 e. The predicted molar refractivity (Wildman–Crippen MR) is 143 cm³/mol. The smallest absolute Gasteiger partial charge is 0.0438 e. The van der Waals surface area contributed by atoms with Crippen molar-refractivity contribution in [3.63, 3.8) is 0 Å². The largest absolute Gasteiger partial charge is 0.315 e. The van der Waals surface area contributed by atoms with Crippen LogP contribution in [-0.4, -0.2) is 26.2 Å². The molecule has 0 bridgehead atoms. The number of nitrogens with one attached hydrogen (secondary N) is 2. The van der Waals surface area contributed by atoms with Crippen LogP contribution in [0.15, 0.2) is 42.5 Å². The lowest BCUT2D eigenvalue weighted by atomic mass is 9.49. The minimum atomic E-state index is 0.324. The van der Waals surface area contributed by atoms with Gasteiger partial charge in [-0.3, -0.25) is 0 Å². The highest BCUT2D eigenvalue weighted by Crippen LogP contribution is 2.57. The first-order valence-corrected chi connectivity index (χ1v) is 13.5. The van der Waals surface area contributed by atoms with Gasteiger partial charge in [0.2, 0.25) is 0 Å². The Morgan fingerprint density at radius 1 is 1.00 bits per heavy atom. The first-order chi connectivity index (χ1) is 15.8. The summed E-state index contributed by atoms with van der Waals surface area (Å²) in [4.78, 5) is 0. The van der Waals surface area contributed by atoms with Gasteiger partial charge < -0.3 is 10.6 Å². The Morgan fingerprint density at radius 2 is 1.79 bits per heavy atom. The standard InChI is InChI=1S/C30H43ClN2/c1-22(2)24-10-12-26-25(20-24)11-13-28-29(3,15-7-16-30(26,28)4)21-33-19-18-32-17-14-23-8-5-6-9-27(23)31/h5-6,8-10,12,20,22,28,32-33H,7,11,13-19,21H2,1-4H3/t28-,29-,30+/m0/s1. The van der Waals surface area contributed by atoms with Crippen LogP contribution in [0.5, 0.6) is 0 Å². The second kappa shape index (κ2) is 10.5. The predicted octanol–water partition coefficient (Wildman–Crippen LogP) is 6.90. The van der Waals surface area contributed by atoms with Crippen molar-refractivity contribution in [2.75, 3.05) is 26.2 Å². The van der Waals surface area contributed by atoms with Crippen LogP contribution in [-0.2, 0) is 18.3 Å². The molecule has 3 heteroatoms. The zero-order valence-corrected chi connectivity index (χ0v) is 21.9. The molecule has 2 aromatic rings. The molecule has 0 amide bonds. The summed E-state index contributed by atoms with van der Waals surface area (Å²) in [5.74, 6) is 1.37. The lowest BCUT2D eigenvalue weighted by Crippen LogP contribution is -2.53. The fourth-order valence-electron chi connectivity index (χ4n) is 6.81. The van der Waals surface area contributed by atoms with Gasteiger partial charge in [0.15, 0.2) is 0 Å². The van der Waals surface area contributed by atoms with Crippen LogP contribution in [0.1, 0.15) is 81.5 Å². The maximum atomic E-state index is 6.27. The lowest BCUT2D eigenvalue weighted by molar-refractivity contribution is 0.0261. The van der Waals surface area contributed by atoms with E-state index in [1.54, 1.807) is 11.1 Å². The topological polar surface area (TPSA) is 24.1 Å². The maximum absolute atomic E-state index is 6.27. The van der Waals surface area contributed by atoms with Crippen LogP contribution in [0.3, 0.4) is 0 Å². The van der Waals surface area contributed by atoms with E-state index in [9.17, 15) is 0 Å². The number of aryl methyl sites for hydroxylation is 1. The van der Waals surface area contributed by atoms with Crippen molar-refractivity contribution in [3.8, 4) is 0 Å². The summed E-state index contributed by atoms with van der Waals surface area (Å²) < 4.78 is 0. The molecule has 180 valence electrons. The van der Waals surface area contributed by atoms with Crippen LogP contribution in [0.4, 0.5) is 0 Å². The quantitative estimate of drug-likeness (QED) is 0.393. The Morgan fingerprint density at radius 3 is 2.58 bits per heavy atom. The zero-order chi connectivity index (χ0) is 23.5. The monoisotopic (exact) mass is 466 g/mol. The Hall–Kier alpha value is -1.35. The molecule has 1 fully saturated rings. The molecule has 4 rings (SSSR count). The van der Waals surface area contributed by atoms with Gasteiger partial charge in [0.1, 0.15) is 0 Å². The number of fused-ring (bicyclic) bond motifs is 3. The van der Waals surface area contributed by atoms with Gasteiger partial charge in [-0.1, -0.05) is 82.1 Å². The summed E-state index contributed by atoms with van der Waals surface area (Å²) in [6.07, 6.45) is 7.58. The molecule has 0 radical (unpaired) electrons. The van der Waals surface area contributed by atoms with Crippen molar-refractivity contribution < 1.29 is 0 Å². The third-order valence-corrected chi connectivity index (χ3v) is 9.07. The van der Waals surface area contributed by atoms with Gasteiger partial charge in [-0.05, 0) is 89.6 Å². The zero-order valence-electron chi connectivity index (χ0n) is 21.1. The molecule has 0 spiro atoms. The van der Waals surface area contributed by atoms with Gasteiger partial charge in [-0.15, -0.1) is 0 Å². The SMILES string of the molecule is CC(C)c1ccc2c(c1)CC[C@H]1[C@](C)(CNCCNCCc3ccccc3Cl)CCC[C@]21C. The van der Waals surface area contributed by atoms with Crippen molar-refractivity contribution in [2.24, 2.45) is 11.3 Å². The number of hydrogen-bond acceptors (Lipinski definition) is 2. The molecule has 0 aliphatic heterocycles. The van der Waals surface area contributed by atoms with Crippen molar-refractivity contribution in [3.05, 3.63) is 69.7 Å². The van der Waals surface area contributed by atoms with Crippen molar-refractivity contribution in [2.45, 2.75) is 77.6 Å². The first kappa shape index (κ1) is 24.8. The van der Waals surface area contributed by atoms with E-state index in [1.807, 2.05) is 12.1 Å². The summed E-state index contributed by atoms with van der Waals surface area (Å²) in [5, 5.41) is 8.27. The van der Waals surface area contributed by atoms with Gasteiger partial charge >= 0.3 is 0 Å². The summed E-state index contributed by atoms with van der Waals surface area (Å²) in [5.41, 5.74) is 6.70. The molecule has 1 saturated carbocycles. The van der Waals surface area contributed by atoms with Crippen molar-refractivity contribution >= 4 is 11.6 Å². The Labute approximate surface area is 206 Å². The number of benzene rings is 2. The molecule has 0 heterocycles. The molecule has 2 aromatic carbocycles. The fraction of sp³-hybridized carbons (Fsp3) is 0.600. The first-order valence-electron chi connectivity index (χ1n) is 13.1. The van der Waals surface area contributed by atoms with E-state index in [0.717, 1.165) is 43.5 Å². The molecule has 2 nitrogen and oxygen atoms in total. The molecule has 0 saturated heterocycles. The molecular weight excluding hydrogens is 424 g/mol. The van der Waals surface area contributed by atoms with Gasteiger partial charge in [0.25, 0.3) is 0 Å². The number of hydrogen-bond donors (Lipinski definition) is 2. The average Bonchev–Trinajstić information content (AvgIpc) is 2.79. The van der Waals surface area contributed by atoms with Gasteiger partial charge in [0.05, 0.1) is 0 Å². The minimum absolute atomic E-state index is 0.324. The lowest BCUT2D eigenvalue weighted by Gasteiger charge is -2.55. The molecule has 2 aliphatic rings. The van der Waals surface area contributed by atoms with E-state index in [1.165, 1.54) is 43.2 Å². The van der Waals surface area contributed by atoms with Crippen LogP contribution >= 0.6 is 11.6 Å². The minimum Gasteiger partial charge on any atom is -0.315 e. The average molecular weight is 467 g/mol. The Bertz CT molecular complexity index is 939. The third kappa shape index (κ3) is 5.34. The summed E-state index contributed by atoms with van der Waals surface area (Å²) in [7, 11) is 0. The van der Waals surface area contributed by atoms with Gasteiger partial charge in [-0.25, -0.2) is 0 Å². The molecule has 2 aliphatic carbocycles. The van der Waals surface area contributed by atoms with Crippen molar-refractivity contribution in [1.29, 1.82) is 0 Å². The van der Waals surface area contributed by atoms with Gasteiger partial charge in [-0.2, -0.15) is 0 Å². The number of halogens is 1. The molecule has 0 aromatic heterocycles. The highest BCUT2D eigenvalue weighted by atomic mass is 35.5. The second-order valence-electron chi connectivity index (χ2n) is 11.4. The van der Waals surface area contributed by atoms with Crippen LogP contribution < -0.4 is 10.6 Å². The van der Waals surface area contributed by atoms with Crippen LogP contribution in [0, 0.1) is 11.3 Å². The molecular formula is C30H43ClN2. The van der Waals surface area contributed by atoms with E-state index < -0.39 is 0 Å². The molecule has 0 unspecified atom stereocenters. The van der Waals surface area contributed by atoms with Crippen LogP contribution in [0.2, 0.25) is 5.02 Å². The highest BCUT2D eigenvalue weighted by molar-refractivity contribution is 6.31. The molecule has 33 heavy (non-hydrogen) atoms. The molecule has 2 N–H and O–H groups in total. The fourth-order valence-corrected chi connectivity index (χ4v) is 7.04. The summed E-state index contributed by atoms with van der Waals surface area (Å²) in [6, 6.07) is 15.6. The Balaban J connectivity index is 1.30. The number of rotatable bonds is 9. The van der Waals surface area contributed by atoms with E-state index >= 15 is 0 Å². The second-order valence-corrected chi connectivity index (χ2v) is 11.8.